The molecule has 44 heavy (non-hydrogen) atoms. The van der Waals surface area contributed by atoms with Crippen molar-refractivity contribution in [2.24, 2.45) is 5.73 Å². The highest BCUT2D eigenvalue weighted by Gasteiger charge is 2.49. The summed E-state index contributed by atoms with van der Waals surface area (Å²) in [4.78, 5) is 11.9. The molecule has 0 saturated carbocycles. The van der Waals surface area contributed by atoms with Crippen molar-refractivity contribution >= 4 is 28.5 Å². The van der Waals surface area contributed by atoms with Crippen LogP contribution in [-0.2, 0) is 6.18 Å². The van der Waals surface area contributed by atoms with E-state index in [1.807, 2.05) is 11.0 Å². The van der Waals surface area contributed by atoms with Gasteiger partial charge in [0.05, 0.1) is 34.6 Å². The zero-order valence-electron chi connectivity index (χ0n) is 23.0. The first-order chi connectivity index (χ1) is 20.9. The maximum atomic E-state index is 16.7. The van der Waals surface area contributed by atoms with Gasteiger partial charge in [0.1, 0.15) is 29.9 Å². The van der Waals surface area contributed by atoms with Crippen LogP contribution in [0.1, 0.15) is 36.3 Å². The van der Waals surface area contributed by atoms with Crippen molar-refractivity contribution in [2.45, 2.75) is 59.4 Å². The van der Waals surface area contributed by atoms with Gasteiger partial charge in [0, 0.05) is 41.9 Å². The minimum atomic E-state index is -5.07. The molecule has 15 heteroatoms. The summed E-state index contributed by atoms with van der Waals surface area (Å²) in [6.07, 6.45) is -5.09. The SMILES string of the molecule is N#CC1c2c(-c3c(C(F)(F)F)cc4c(N5CC(O)C5)nc(OCC56CCCN5CC(F)C6)nc4c3F)ccc(F)c2SC1N. The molecule has 7 rings (SSSR count). The molecule has 3 fully saturated rings. The van der Waals surface area contributed by atoms with Crippen molar-refractivity contribution in [3.05, 3.63) is 41.0 Å². The van der Waals surface area contributed by atoms with Crippen LogP contribution in [0.4, 0.5) is 32.2 Å². The number of aromatic nitrogens is 2. The number of β-amino-alcohol motifs (C(OH)–C–C–N with tert-alkyl or cyclic N) is 1. The Hall–Kier alpha value is -3.32. The lowest BCUT2D eigenvalue weighted by molar-refractivity contribution is -0.137. The first kappa shape index (κ1) is 29.4. The minimum absolute atomic E-state index is 0.000530. The van der Waals surface area contributed by atoms with Gasteiger partial charge in [0.15, 0.2) is 5.82 Å². The van der Waals surface area contributed by atoms with Gasteiger partial charge in [-0.1, -0.05) is 6.07 Å². The topological polar surface area (TPSA) is 112 Å². The number of halogens is 6. The third-order valence-corrected chi connectivity index (χ3v) is 10.2. The first-order valence-corrected chi connectivity index (χ1v) is 15.0. The van der Waals surface area contributed by atoms with Gasteiger partial charge < -0.3 is 20.5 Å². The first-order valence-electron chi connectivity index (χ1n) is 14.1. The van der Waals surface area contributed by atoms with E-state index in [0.717, 1.165) is 36.4 Å². The number of anilines is 1. The molecule has 0 spiro atoms. The van der Waals surface area contributed by atoms with E-state index in [-0.39, 0.29) is 65.9 Å². The number of nitrogens with two attached hydrogens (primary N) is 1. The zero-order valence-corrected chi connectivity index (χ0v) is 23.9. The van der Waals surface area contributed by atoms with Gasteiger partial charge >= 0.3 is 12.2 Å². The third kappa shape index (κ3) is 4.57. The normalized spacial score (nSPS) is 27.0. The lowest BCUT2D eigenvalue weighted by Crippen LogP contribution is -2.51. The Labute approximate surface area is 251 Å². The molecule has 5 heterocycles. The summed E-state index contributed by atoms with van der Waals surface area (Å²) in [6.45, 7) is 1.06. The van der Waals surface area contributed by atoms with Gasteiger partial charge in [0.25, 0.3) is 0 Å². The standard InChI is InChI=1S/C29H26F6N6O2S/c30-13-7-28(4-1-5-41(28)9-13)12-43-27-38-23-16(26(39-27)40-10-14(42)11-40)6-18(29(33,34)35)21(22(23)32)15-2-3-19(31)24-20(15)17(8-36)25(37)44-24/h2-3,6,13-14,17,25,42H,1,4-5,7,9-12,37H2. The number of thioether (sulfide) groups is 1. The van der Waals surface area contributed by atoms with E-state index in [9.17, 15) is 32.3 Å². The smallest absolute Gasteiger partial charge is 0.417 e. The van der Waals surface area contributed by atoms with Gasteiger partial charge in [0.2, 0.25) is 0 Å². The van der Waals surface area contributed by atoms with Gasteiger partial charge in [-0.2, -0.15) is 28.4 Å². The van der Waals surface area contributed by atoms with E-state index in [4.69, 9.17) is 10.5 Å². The van der Waals surface area contributed by atoms with Crippen molar-refractivity contribution in [3.63, 3.8) is 0 Å². The molecule has 4 unspecified atom stereocenters. The van der Waals surface area contributed by atoms with E-state index in [0.29, 0.717) is 13.0 Å². The number of hydrogen-bond acceptors (Lipinski definition) is 9. The van der Waals surface area contributed by atoms with E-state index in [2.05, 4.69) is 9.97 Å². The Morgan fingerprint density at radius 3 is 2.68 bits per heavy atom. The van der Waals surface area contributed by atoms with Crippen LogP contribution in [0.15, 0.2) is 23.1 Å². The fourth-order valence-electron chi connectivity index (χ4n) is 6.99. The van der Waals surface area contributed by atoms with Crippen LogP contribution in [0, 0.1) is 23.0 Å². The lowest BCUT2D eigenvalue weighted by Gasteiger charge is -2.37. The second-order valence-electron chi connectivity index (χ2n) is 11.8. The summed E-state index contributed by atoms with van der Waals surface area (Å²) < 4.78 is 95.7. The number of nitrogens with zero attached hydrogens (tertiary/aromatic N) is 5. The molecule has 3 aromatic rings. The average molecular weight is 637 g/mol. The molecule has 0 bridgehead atoms. The Morgan fingerprint density at radius 1 is 1.20 bits per heavy atom. The Morgan fingerprint density at radius 2 is 1.98 bits per heavy atom. The number of ether oxygens (including phenoxy) is 1. The number of aliphatic hydroxyl groups excluding tert-OH is 1. The molecule has 8 nitrogen and oxygen atoms in total. The van der Waals surface area contributed by atoms with Crippen molar-refractivity contribution in [3.8, 4) is 23.2 Å². The summed E-state index contributed by atoms with van der Waals surface area (Å²) in [5.41, 5.74) is 2.25. The van der Waals surface area contributed by atoms with E-state index >= 15 is 4.39 Å². The number of nitriles is 1. The lowest BCUT2D eigenvalue weighted by atomic mass is 9.87. The fraction of sp³-hybridized carbons (Fsp3) is 0.483. The number of alkyl halides is 4. The molecule has 1 aromatic heterocycles. The summed E-state index contributed by atoms with van der Waals surface area (Å²) >= 11 is 0.797. The molecule has 4 aliphatic heterocycles. The highest BCUT2D eigenvalue weighted by molar-refractivity contribution is 8.00. The predicted molar refractivity (Wildman–Crippen MR) is 149 cm³/mol. The maximum Gasteiger partial charge on any atom is 0.417 e. The van der Waals surface area contributed by atoms with Crippen molar-refractivity contribution < 1.29 is 36.2 Å². The fourth-order valence-corrected chi connectivity index (χ4v) is 8.13. The molecule has 4 atom stereocenters. The second-order valence-corrected chi connectivity index (χ2v) is 13.0. The van der Waals surface area contributed by atoms with Gasteiger partial charge in [-0.3, -0.25) is 4.90 Å². The van der Waals surface area contributed by atoms with Crippen LogP contribution >= 0.6 is 11.8 Å². The number of hydrogen-bond donors (Lipinski definition) is 2. The number of aliphatic hydroxyl groups is 1. The number of rotatable bonds is 5. The van der Waals surface area contributed by atoms with Gasteiger partial charge in [-0.15, -0.1) is 11.8 Å². The van der Waals surface area contributed by atoms with Crippen LogP contribution in [0.2, 0.25) is 0 Å². The molecular weight excluding hydrogens is 610 g/mol. The van der Waals surface area contributed by atoms with E-state index in [1.54, 1.807) is 0 Å². The van der Waals surface area contributed by atoms with Crippen LogP contribution in [0.25, 0.3) is 22.0 Å². The van der Waals surface area contributed by atoms with Crippen LogP contribution in [0.3, 0.4) is 0 Å². The van der Waals surface area contributed by atoms with E-state index in [1.165, 1.54) is 4.90 Å². The zero-order chi connectivity index (χ0) is 31.1. The molecule has 0 radical (unpaired) electrons. The quantitative estimate of drug-likeness (QED) is 0.384. The molecule has 3 saturated heterocycles. The number of fused-ring (bicyclic) bond motifs is 3. The third-order valence-electron chi connectivity index (χ3n) is 9.04. The van der Waals surface area contributed by atoms with Gasteiger partial charge in [-0.25, -0.2) is 13.2 Å². The van der Waals surface area contributed by atoms with Gasteiger partial charge in [-0.05, 0) is 42.6 Å². The molecular formula is C29H26F6N6O2S. The summed E-state index contributed by atoms with van der Waals surface area (Å²) in [6, 6.07) is 4.28. The summed E-state index contributed by atoms with van der Waals surface area (Å²) in [5.74, 6) is -3.39. The Bertz CT molecular complexity index is 1710. The Balaban J connectivity index is 1.42. The maximum absolute atomic E-state index is 16.7. The molecule has 3 N–H and O–H groups in total. The van der Waals surface area contributed by atoms with Crippen molar-refractivity contribution in [1.29, 1.82) is 5.26 Å². The monoisotopic (exact) mass is 636 g/mol. The number of benzene rings is 2. The van der Waals surface area contributed by atoms with Crippen molar-refractivity contribution in [2.75, 3.05) is 37.7 Å². The summed E-state index contributed by atoms with van der Waals surface area (Å²) in [7, 11) is 0. The van der Waals surface area contributed by atoms with Crippen molar-refractivity contribution in [1.82, 2.24) is 14.9 Å². The molecule has 0 aliphatic carbocycles. The van der Waals surface area contributed by atoms with Crippen LogP contribution in [0.5, 0.6) is 6.01 Å². The van der Waals surface area contributed by atoms with E-state index < -0.39 is 63.6 Å². The average Bonchev–Trinajstić information content (AvgIpc) is 3.59. The summed E-state index contributed by atoms with van der Waals surface area (Å²) in [5, 5.41) is 18.5. The highest BCUT2D eigenvalue weighted by atomic mass is 32.2. The van der Waals surface area contributed by atoms with Crippen LogP contribution in [-0.4, -0.2) is 75.9 Å². The molecule has 232 valence electrons. The highest BCUT2D eigenvalue weighted by Crippen LogP contribution is 2.52. The molecule has 4 aliphatic rings. The minimum Gasteiger partial charge on any atom is -0.461 e. The van der Waals surface area contributed by atoms with Crippen LogP contribution < -0.4 is 15.4 Å². The molecule has 0 amide bonds. The largest absolute Gasteiger partial charge is 0.461 e. The predicted octanol–water partition coefficient (Wildman–Crippen LogP) is 4.73. The second kappa shape index (κ2) is 10.4. The molecule has 2 aromatic carbocycles. The Kier molecular flexibility index (Phi) is 6.92.